The number of unbranched alkanes of at least 4 members (excludes halogenated alkanes) is 2. The maximum absolute atomic E-state index is 11.2. The van der Waals surface area contributed by atoms with Gasteiger partial charge in [0, 0.05) is 0 Å². The molecule has 0 rings (SSSR count). The van der Waals surface area contributed by atoms with Crippen LogP contribution in [0.2, 0.25) is 0 Å². The first kappa shape index (κ1) is 10.8. The van der Waals surface area contributed by atoms with Gasteiger partial charge in [-0.1, -0.05) is 19.8 Å². The lowest BCUT2D eigenvalue weighted by molar-refractivity contribution is 0.460. The van der Waals surface area contributed by atoms with Crippen LogP contribution in [-0.4, -0.2) is 13.9 Å². The first-order chi connectivity index (χ1) is 3.91. The second-order valence-corrected chi connectivity index (χ2v) is 1.40. The molecule has 0 amide bonds. The van der Waals surface area contributed by atoms with Crippen molar-refractivity contribution in [3.63, 3.8) is 0 Å². The first-order valence-corrected chi connectivity index (χ1v) is 2.85. The molecule has 2 heteroatoms. The Kier molecular flexibility index (Phi) is 21.3. The highest BCUT2D eigenvalue weighted by atomic mass is 19.1. The van der Waals surface area contributed by atoms with Gasteiger partial charge in [0.25, 0.3) is 0 Å². The fourth-order valence-corrected chi connectivity index (χ4v) is 0.344. The Labute approximate surface area is 49.9 Å². The van der Waals surface area contributed by atoms with Crippen molar-refractivity contribution in [2.75, 3.05) is 13.9 Å². The molecule has 52 valence electrons. The van der Waals surface area contributed by atoms with E-state index >= 15 is 0 Å². The molecule has 0 aromatic heterocycles. The maximum Gasteiger partial charge on any atom is 0.0894 e. The summed E-state index contributed by atoms with van der Waals surface area (Å²) in [6, 6.07) is 0. The highest BCUT2D eigenvalue weighted by Gasteiger charge is 1.78. The van der Waals surface area contributed by atoms with E-state index in [1.54, 1.807) is 0 Å². The van der Waals surface area contributed by atoms with Gasteiger partial charge in [0.1, 0.15) is 0 Å². The summed E-state index contributed by atoms with van der Waals surface area (Å²) in [6.07, 6.45) is 2.90. The minimum Gasteiger partial charge on any atom is -0.255 e. The molecule has 0 heterocycles. The number of alkyl halides is 2. The second-order valence-electron chi connectivity index (χ2n) is 1.40. The van der Waals surface area contributed by atoms with Gasteiger partial charge in [-0.25, -0.2) is 0 Å². The van der Waals surface area contributed by atoms with Crippen LogP contribution in [0.15, 0.2) is 0 Å². The second kappa shape index (κ2) is 15.8. The fraction of sp³-hybridized carbons (Fsp3) is 1.00. The lowest BCUT2D eigenvalue weighted by Gasteiger charge is -1.84. The van der Waals surface area contributed by atoms with Crippen LogP contribution in [0.4, 0.5) is 8.78 Å². The topological polar surface area (TPSA) is 0 Å². The summed E-state index contributed by atoms with van der Waals surface area (Å²) >= 11 is 0. The fourth-order valence-electron chi connectivity index (χ4n) is 0.344. The zero-order valence-electron chi connectivity index (χ0n) is 5.58. The summed E-state index contributed by atoms with van der Waals surface area (Å²) in [6.45, 7) is 1.92. The molecule has 0 aliphatic heterocycles. The first-order valence-electron chi connectivity index (χ1n) is 2.85. The van der Waals surface area contributed by atoms with Gasteiger partial charge in [-0.2, -0.15) is 0 Å². The van der Waals surface area contributed by atoms with E-state index in [2.05, 4.69) is 6.92 Å². The van der Waals surface area contributed by atoms with Gasteiger partial charge in [-0.15, -0.1) is 0 Å². The normalized spacial score (nSPS) is 7.50. The van der Waals surface area contributed by atoms with Gasteiger partial charge in [0.05, 0.1) is 13.9 Å². The van der Waals surface area contributed by atoms with Crippen LogP contribution < -0.4 is 0 Å². The molecule has 0 atom stereocenters. The number of halogens is 2. The average Bonchev–Trinajstić information content (AvgIpc) is 1.88. The zero-order valence-corrected chi connectivity index (χ0v) is 5.58. The van der Waals surface area contributed by atoms with E-state index in [9.17, 15) is 8.78 Å². The van der Waals surface area contributed by atoms with Crippen molar-refractivity contribution in [3.05, 3.63) is 0 Å². The van der Waals surface area contributed by atoms with E-state index in [0.717, 1.165) is 19.3 Å². The van der Waals surface area contributed by atoms with Crippen molar-refractivity contribution in [2.24, 2.45) is 0 Å². The molecule has 0 bridgehead atoms. The molecule has 0 saturated heterocycles. The van der Waals surface area contributed by atoms with Crippen molar-refractivity contribution in [3.8, 4) is 0 Å². The lowest BCUT2D eigenvalue weighted by Crippen LogP contribution is -1.72. The van der Waals surface area contributed by atoms with Crippen LogP contribution >= 0.6 is 0 Å². The standard InChI is InChI=1S/C5H11F.CH3F/c1-2-3-4-5-6;1-2/h2-5H2,1H3;1H3. The van der Waals surface area contributed by atoms with E-state index in [1.807, 2.05) is 0 Å². The quantitative estimate of drug-likeness (QED) is 0.507. The highest BCUT2D eigenvalue weighted by molar-refractivity contribution is 4.31. The maximum atomic E-state index is 11.2. The summed E-state index contributed by atoms with van der Waals surface area (Å²) in [4.78, 5) is 0. The van der Waals surface area contributed by atoms with E-state index in [0.29, 0.717) is 7.18 Å². The van der Waals surface area contributed by atoms with E-state index in [4.69, 9.17) is 0 Å². The smallest absolute Gasteiger partial charge is 0.0894 e. The minimum atomic E-state index is -0.145. The number of rotatable bonds is 3. The van der Waals surface area contributed by atoms with Gasteiger partial charge in [-0.05, 0) is 6.42 Å². The Morgan fingerprint density at radius 1 is 1.12 bits per heavy atom. The Morgan fingerprint density at radius 2 is 1.62 bits per heavy atom. The van der Waals surface area contributed by atoms with Crippen LogP contribution in [0.5, 0.6) is 0 Å². The van der Waals surface area contributed by atoms with Crippen molar-refractivity contribution in [1.82, 2.24) is 0 Å². The predicted octanol–water partition coefficient (Wildman–Crippen LogP) is 2.73. The molecule has 0 radical (unpaired) electrons. The molecule has 0 saturated carbocycles. The summed E-state index contributed by atoms with van der Waals surface area (Å²) in [7, 11) is 0.500. The Morgan fingerprint density at radius 3 is 1.75 bits per heavy atom. The predicted molar refractivity (Wildman–Crippen MR) is 32.5 cm³/mol. The third-order valence-electron chi connectivity index (χ3n) is 0.737. The molecule has 0 aliphatic rings. The van der Waals surface area contributed by atoms with Crippen LogP contribution in [0, 0.1) is 0 Å². The molecule has 0 unspecified atom stereocenters. The van der Waals surface area contributed by atoms with Gasteiger partial charge >= 0.3 is 0 Å². The van der Waals surface area contributed by atoms with Crippen molar-refractivity contribution in [1.29, 1.82) is 0 Å². The molecule has 0 spiro atoms. The van der Waals surface area contributed by atoms with Crippen LogP contribution in [0.1, 0.15) is 26.2 Å². The monoisotopic (exact) mass is 124 g/mol. The van der Waals surface area contributed by atoms with E-state index in [1.165, 1.54) is 0 Å². The number of hydrogen-bond donors (Lipinski definition) is 0. The van der Waals surface area contributed by atoms with Crippen LogP contribution in [0.3, 0.4) is 0 Å². The molecular formula is C6H14F2. The molecule has 8 heavy (non-hydrogen) atoms. The minimum absolute atomic E-state index is 0.145. The Balaban J connectivity index is 0. The largest absolute Gasteiger partial charge is 0.255 e. The Bertz CT molecular complexity index is 18.5. The summed E-state index contributed by atoms with van der Waals surface area (Å²) < 4.78 is 20.7. The SMILES string of the molecule is CCCCCF.CF. The molecule has 0 nitrogen and oxygen atoms in total. The molecule has 0 aliphatic carbocycles. The van der Waals surface area contributed by atoms with Crippen molar-refractivity contribution < 1.29 is 8.78 Å². The molecule has 0 aromatic carbocycles. The van der Waals surface area contributed by atoms with Crippen LogP contribution in [0.25, 0.3) is 0 Å². The Hall–Kier alpha value is -0.140. The van der Waals surface area contributed by atoms with E-state index < -0.39 is 0 Å². The van der Waals surface area contributed by atoms with E-state index in [-0.39, 0.29) is 6.67 Å². The van der Waals surface area contributed by atoms with Crippen LogP contribution in [-0.2, 0) is 0 Å². The third-order valence-corrected chi connectivity index (χ3v) is 0.737. The molecular weight excluding hydrogens is 110 g/mol. The number of hydrogen-bond acceptors (Lipinski definition) is 0. The third kappa shape index (κ3) is 16.9. The summed E-state index contributed by atoms with van der Waals surface area (Å²) in [5.74, 6) is 0. The van der Waals surface area contributed by atoms with Crippen molar-refractivity contribution >= 4 is 0 Å². The summed E-state index contributed by atoms with van der Waals surface area (Å²) in [5.41, 5.74) is 0. The molecule has 0 N–H and O–H groups in total. The van der Waals surface area contributed by atoms with Crippen molar-refractivity contribution in [2.45, 2.75) is 26.2 Å². The highest BCUT2D eigenvalue weighted by Crippen LogP contribution is 1.91. The lowest BCUT2D eigenvalue weighted by atomic mass is 10.3. The van der Waals surface area contributed by atoms with Gasteiger partial charge in [0.15, 0.2) is 0 Å². The van der Waals surface area contributed by atoms with Gasteiger partial charge < -0.3 is 0 Å². The van der Waals surface area contributed by atoms with Gasteiger partial charge in [-0.3, -0.25) is 8.78 Å². The molecule has 0 aromatic rings. The molecule has 0 fully saturated rings. The average molecular weight is 124 g/mol. The zero-order chi connectivity index (χ0) is 6.83. The van der Waals surface area contributed by atoms with Gasteiger partial charge in [0.2, 0.25) is 0 Å². The summed E-state index contributed by atoms with van der Waals surface area (Å²) in [5, 5.41) is 0.